The van der Waals surface area contributed by atoms with Gasteiger partial charge in [-0.25, -0.2) is 4.79 Å². The van der Waals surface area contributed by atoms with E-state index < -0.39 is 6.03 Å². The van der Waals surface area contributed by atoms with Crippen LogP contribution in [0.1, 0.15) is 6.92 Å². The Kier molecular flexibility index (Phi) is 6.01. The van der Waals surface area contributed by atoms with Crippen molar-refractivity contribution in [1.29, 1.82) is 0 Å². The molecule has 0 fully saturated rings. The number of rotatable bonds is 3. The number of halogens is 2. The number of allylic oxidation sites excluding steroid dienone is 3. The van der Waals surface area contributed by atoms with Crippen molar-refractivity contribution < 1.29 is 4.79 Å². The van der Waals surface area contributed by atoms with Crippen LogP contribution in [0, 0.1) is 12.3 Å². The van der Waals surface area contributed by atoms with E-state index in [1.54, 1.807) is 37.3 Å². The van der Waals surface area contributed by atoms with Gasteiger partial charge in [-0.2, -0.15) is 0 Å². The minimum Gasteiger partial charge on any atom is -0.308 e. The number of carbonyl (C=O) groups excluding carboxylic acids is 1. The zero-order valence-electron chi connectivity index (χ0n) is 10.2. The van der Waals surface area contributed by atoms with Crippen LogP contribution in [0.5, 0.6) is 0 Å². The van der Waals surface area contributed by atoms with Gasteiger partial charge in [-0.1, -0.05) is 35.2 Å². The fourth-order valence-electron chi connectivity index (χ4n) is 1.20. The number of amides is 2. The van der Waals surface area contributed by atoms with Crippen molar-refractivity contribution in [1.82, 2.24) is 5.32 Å². The molecule has 0 aromatic heterocycles. The number of nitrogens with one attached hydrogen (secondary N) is 2. The molecule has 0 aliphatic rings. The molecule has 0 bridgehead atoms. The maximum absolute atomic E-state index is 11.7. The lowest BCUT2D eigenvalue weighted by atomic mass is 10.3. The molecule has 3 nitrogen and oxygen atoms in total. The summed E-state index contributed by atoms with van der Waals surface area (Å²) in [5, 5.41) is 6.08. The first kappa shape index (κ1) is 15.2. The van der Waals surface area contributed by atoms with Gasteiger partial charge in [-0.05, 0) is 37.3 Å². The van der Waals surface area contributed by atoms with Crippen LogP contribution in [0.15, 0.2) is 47.1 Å². The largest absolute Gasteiger partial charge is 0.323 e. The number of terminal acetylenes is 1. The van der Waals surface area contributed by atoms with E-state index in [0.717, 1.165) is 0 Å². The maximum Gasteiger partial charge on any atom is 0.323 e. The molecule has 0 radical (unpaired) electrons. The molecule has 0 aliphatic carbocycles. The summed E-state index contributed by atoms with van der Waals surface area (Å²) < 4.78 is 0. The predicted octanol–water partition coefficient (Wildman–Crippen LogP) is 4.12. The Bertz CT molecular complexity index is 554. The molecule has 0 saturated heterocycles. The Labute approximate surface area is 122 Å². The molecule has 0 heterocycles. The number of benzene rings is 1. The molecular formula is C14H12Cl2N2O. The second kappa shape index (κ2) is 7.52. The van der Waals surface area contributed by atoms with E-state index in [2.05, 4.69) is 16.6 Å². The van der Waals surface area contributed by atoms with E-state index in [4.69, 9.17) is 29.6 Å². The summed E-state index contributed by atoms with van der Waals surface area (Å²) in [6, 6.07) is 6.36. The highest BCUT2D eigenvalue weighted by molar-refractivity contribution is 6.32. The van der Waals surface area contributed by atoms with Crippen molar-refractivity contribution in [2.75, 3.05) is 5.32 Å². The van der Waals surface area contributed by atoms with Crippen molar-refractivity contribution in [2.45, 2.75) is 6.92 Å². The molecule has 0 unspecified atom stereocenters. The molecule has 1 rings (SSSR count). The third-order valence-electron chi connectivity index (χ3n) is 2.09. The summed E-state index contributed by atoms with van der Waals surface area (Å²) in [6.45, 7) is 1.76. The van der Waals surface area contributed by atoms with Crippen molar-refractivity contribution >= 4 is 34.9 Å². The van der Waals surface area contributed by atoms with Crippen LogP contribution in [-0.4, -0.2) is 6.03 Å². The second-order valence-corrected chi connectivity index (χ2v) is 4.31. The van der Waals surface area contributed by atoms with Crippen LogP contribution in [-0.2, 0) is 0 Å². The van der Waals surface area contributed by atoms with E-state index in [0.29, 0.717) is 16.4 Å². The summed E-state index contributed by atoms with van der Waals surface area (Å²) in [5.74, 6) is 2.26. The van der Waals surface area contributed by atoms with E-state index in [1.807, 2.05) is 0 Å². The molecule has 2 N–H and O–H groups in total. The SMILES string of the molecule is C#C/C(Cl)=C\C(=C/C)NC(=O)Nc1ccc(Cl)cc1. The van der Waals surface area contributed by atoms with E-state index in [-0.39, 0.29) is 5.03 Å². The fraction of sp³-hybridized carbons (Fsp3) is 0.0714. The highest BCUT2D eigenvalue weighted by atomic mass is 35.5. The van der Waals surface area contributed by atoms with Crippen LogP contribution < -0.4 is 10.6 Å². The molecule has 19 heavy (non-hydrogen) atoms. The Balaban J connectivity index is 2.65. The number of anilines is 1. The zero-order valence-corrected chi connectivity index (χ0v) is 11.7. The van der Waals surface area contributed by atoms with Crippen LogP contribution >= 0.6 is 23.2 Å². The van der Waals surface area contributed by atoms with Crippen molar-refractivity contribution in [3.63, 3.8) is 0 Å². The van der Waals surface area contributed by atoms with Gasteiger partial charge in [0, 0.05) is 16.4 Å². The van der Waals surface area contributed by atoms with Crippen LogP contribution in [0.3, 0.4) is 0 Å². The lowest BCUT2D eigenvalue weighted by Crippen LogP contribution is -2.27. The topological polar surface area (TPSA) is 41.1 Å². The number of hydrogen-bond acceptors (Lipinski definition) is 1. The van der Waals surface area contributed by atoms with E-state index in [9.17, 15) is 4.79 Å². The molecule has 0 atom stereocenters. The molecule has 5 heteroatoms. The average molecular weight is 295 g/mol. The quantitative estimate of drug-likeness (QED) is 0.639. The third-order valence-corrected chi connectivity index (χ3v) is 2.56. The zero-order chi connectivity index (χ0) is 14.3. The van der Waals surface area contributed by atoms with Gasteiger partial charge in [-0.15, -0.1) is 6.42 Å². The van der Waals surface area contributed by atoms with Gasteiger partial charge in [0.05, 0.1) is 5.03 Å². The summed E-state index contributed by atoms with van der Waals surface area (Å²) in [5.41, 5.74) is 1.14. The molecule has 1 aromatic carbocycles. The monoisotopic (exact) mass is 294 g/mol. The molecule has 0 spiro atoms. The number of urea groups is 1. The molecular weight excluding hydrogens is 283 g/mol. The normalized spacial score (nSPS) is 11.7. The molecule has 2 amide bonds. The third kappa shape index (κ3) is 5.52. The number of carbonyl (C=O) groups is 1. The highest BCUT2D eigenvalue weighted by Gasteiger charge is 2.03. The number of hydrogen-bond donors (Lipinski definition) is 2. The van der Waals surface area contributed by atoms with Crippen LogP contribution in [0.4, 0.5) is 10.5 Å². The van der Waals surface area contributed by atoms with Crippen molar-refractivity contribution in [2.24, 2.45) is 0 Å². The molecule has 0 aliphatic heterocycles. The van der Waals surface area contributed by atoms with Crippen molar-refractivity contribution in [3.05, 3.63) is 52.2 Å². The summed E-state index contributed by atoms with van der Waals surface area (Å²) >= 11 is 11.4. The molecule has 1 aromatic rings. The summed E-state index contributed by atoms with van der Waals surface area (Å²) in [6.07, 6.45) is 8.30. The minimum atomic E-state index is -0.395. The van der Waals surface area contributed by atoms with Crippen molar-refractivity contribution in [3.8, 4) is 12.3 Å². The van der Waals surface area contributed by atoms with Gasteiger partial charge in [0.2, 0.25) is 0 Å². The lowest BCUT2D eigenvalue weighted by Gasteiger charge is -2.08. The highest BCUT2D eigenvalue weighted by Crippen LogP contribution is 2.13. The smallest absolute Gasteiger partial charge is 0.308 e. The first-order chi connectivity index (χ1) is 9.05. The molecule has 98 valence electrons. The van der Waals surface area contributed by atoms with Gasteiger partial charge >= 0.3 is 6.03 Å². The Morgan fingerprint density at radius 3 is 2.53 bits per heavy atom. The van der Waals surface area contributed by atoms with E-state index >= 15 is 0 Å². The lowest BCUT2D eigenvalue weighted by molar-refractivity contribution is 0.254. The first-order valence-corrected chi connectivity index (χ1v) is 6.14. The second-order valence-electron chi connectivity index (χ2n) is 3.47. The van der Waals surface area contributed by atoms with E-state index in [1.165, 1.54) is 6.08 Å². The first-order valence-electron chi connectivity index (χ1n) is 5.39. The maximum atomic E-state index is 11.7. The summed E-state index contributed by atoms with van der Waals surface area (Å²) in [4.78, 5) is 11.7. The Hall–Kier alpha value is -1.89. The minimum absolute atomic E-state index is 0.208. The fourth-order valence-corrected chi connectivity index (χ4v) is 1.44. The Morgan fingerprint density at radius 2 is 2.00 bits per heavy atom. The van der Waals surface area contributed by atoms with Gasteiger partial charge in [0.15, 0.2) is 0 Å². The predicted molar refractivity (Wildman–Crippen MR) is 80.1 cm³/mol. The summed E-state index contributed by atoms with van der Waals surface area (Å²) in [7, 11) is 0. The van der Waals surface area contributed by atoms with Crippen LogP contribution in [0.25, 0.3) is 0 Å². The standard InChI is InChI=1S/C14H12Cl2N2O/c1-3-10(15)9-12(4-2)17-14(19)18-13-7-5-11(16)6-8-13/h1,4-9H,2H3,(H2,17,18,19)/b10-9+,12-4+. The van der Waals surface area contributed by atoms with Crippen LogP contribution in [0.2, 0.25) is 5.02 Å². The molecule has 0 saturated carbocycles. The van der Waals surface area contributed by atoms with Gasteiger partial charge in [-0.3, -0.25) is 0 Å². The Morgan fingerprint density at radius 1 is 1.37 bits per heavy atom. The average Bonchev–Trinajstić information content (AvgIpc) is 2.40. The van der Waals surface area contributed by atoms with Gasteiger partial charge in [0.1, 0.15) is 0 Å². The van der Waals surface area contributed by atoms with Gasteiger partial charge in [0.25, 0.3) is 0 Å². The van der Waals surface area contributed by atoms with Gasteiger partial charge < -0.3 is 10.6 Å².